The number of para-hydroxylation sites is 1. The van der Waals surface area contributed by atoms with Crippen molar-refractivity contribution in [2.75, 3.05) is 18.5 Å². The highest BCUT2D eigenvalue weighted by Crippen LogP contribution is 2.27. The van der Waals surface area contributed by atoms with Gasteiger partial charge in [0.25, 0.3) is 0 Å². The maximum atomic E-state index is 13.1. The molecule has 1 saturated heterocycles. The zero-order chi connectivity index (χ0) is 16.1. The van der Waals surface area contributed by atoms with Gasteiger partial charge in [-0.05, 0) is 57.7 Å². The van der Waals surface area contributed by atoms with Crippen molar-refractivity contribution in [1.29, 1.82) is 0 Å². The van der Waals surface area contributed by atoms with Gasteiger partial charge in [-0.15, -0.1) is 0 Å². The van der Waals surface area contributed by atoms with Gasteiger partial charge in [0.15, 0.2) is 0 Å². The van der Waals surface area contributed by atoms with E-state index in [1.54, 1.807) is 0 Å². The molecule has 0 spiro atoms. The monoisotopic (exact) mass is 302 g/mol. The second-order valence-corrected chi connectivity index (χ2v) is 6.57. The first-order chi connectivity index (χ1) is 10.6. The van der Waals surface area contributed by atoms with Gasteiger partial charge in [-0.1, -0.05) is 31.5 Å². The molecule has 1 aliphatic heterocycles. The van der Waals surface area contributed by atoms with Crippen LogP contribution in [0, 0.1) is 6.92 Å². The molecule has 1 aliphatic rings. The zero-order valence-corrected chi connectivity index (χ0v) is 14.5. The lowest BCUT2D eigenvalue weighted by Gasteiger charge is -2.41. The Balaban J connectivity index is 2.16. The lowest BCUT2D eigenvalue weighted by atomic mass is 9.94. The number of piperidine rings is 1. The molecule has 2 rings (SSSR count). The van der Waals surface area contributed by atoms with E-state index in [2.05, 4.69) is 31.7 Å². The molecule has 122 valence electrons. The molecule has 3 nitrogen and oxygen atoms in total. The Morgan fingerprint density at radius 2 is 2.05 bits per heavy atom. The highest BCUT2D eigenvalue weighted by Gasteiger charge is 2.34. The van der Waals surface area contributed by atoms with Crippen molar-refractivity contribution in [1.82, 2.24) is 4.90 Å². The standard InChI is InChI=1S/C19H30N2O/c1-5-6-14-21-16(3)11-9-13-18(21)19(22)20(4)17-12-8-7-10-15(17)2/h7-8,10,12,16,18H,5-6,9,11,13-14H2,1-4H3/t16-,18+/m0/s1. The molecule has 1 aromatic rings. The van der Waals surface area contributed by atoms with E-state index in [9.17, 15) is 4.79 Å². The van der Waals surface area contributed by atoms with Crippen LogP contribution in [0.1, 0.15) is 51.5 Å². The van der Waals surface area contributed by atoms with E-state index in [1.807, 2.05) is 30.1 Å². The number of hydrogen-bond donors (Lipinski definition) is 0. The largest absolute Gasteiger partial charge is 0.314 e. The van der Waals surface area contributed by atoms with Crippen molar-refractivity contribution in [3.05, 3.63) is 29.8 Å². The van der Waals surface area contributed by atoms with Gasteiger partial charge in [0.1, 0.15) is 0 Å². The lowest BCUT2D eigenvalue weighted by Crippen LogP contribution is -2.53. The number of benzene rings is 1. The van der Waals surface area contributed by atoms with Crippen LogP contribution in [0.4, 0.5) is 5.69 Å². The summed E-state index contributed by atoms with van der Waals surface area (Å²) < 4.78 is 0. The summed E-state index contributed by atoms with van der Waals surface area (Å²) in [6.45, 7) is 7.58. The summed E-state index contributed by atoms with van der Waals surface area (Å²) >= 11 is 0. The van der Waals surface area contributed by atoms with Crippen molar-refractivity contribution in [2.45, 2.75) is 65.0 Å². The quantitative estimate of drug-likeness (QED) is 0.820. The summed E-state index contributed by atoms with van der Waals surface area (Å²) in [5.41, 5.74) is 2.18. The van der Waals surface area contributed by atoms with Gasteiger partial charge in [-0.2, -0.15) is 0 Å². The average molecular weight is 302 g/mol. The molecule has 22 heavy (non-hydrogen) atoms. The van der Waals surface area contributed by atoms with Crippen LogP contribution in [-0.2, 0) is 4.79 Å². The minimum Gasteiger partial charge on any atom is -0.314 e. The molecule has 1 fully saturated rings. The molecule has 0 aromatic heterocycles. The normalized spacial score (nSPS) is 22.5. The maximum Gasteiger partial charge on any atom is 0.244 e. The first-order valence-corrected chi connectivity index (χ1v) is 8.65. The number of carbonyl (C=O) groups excluding carboxylic acids is 1. The van der Waals surface area contributed by atoms with Gasteiger partial charge in [0.2, 0.25) is 5.91 Å². The molecule has 2 atom stereocenters. The van der Waals surface area contributed by atoms with Gasteiger partial charge in [0, 0.05) is 18.8 Å². The predicted octanol–water partition coefficient (Wildman–Crippen LogP) is 4.00. The third-order valence-electron chi connectivity index (χ3n) is 4.93. The van der Waals surface area contributed by atoms with E-state index in [-0.39, 0.29) is 11.9 Å². The fraction of sp³-hybridized carbons (Fsp3) is 0.632. The fourth-order valence-electron chi connectivity index (χ4n) is 3.51. The van der Waals surface area contributed by atoms with Crippen LogP contribution in [0.5, 0.6) is 0 Å². The number of hydrogen-bond acceptors (Lipinski definition) is 2. The number of carbonyl (C=O) groups is 1. The lowest BCUT2D eigenvalue weighted by molar-refractivity contribution is -0.126. The first kappa shape index (κ1) is 17.0. The highest BCUT2D eigenvalue weighted by molar-refractivity contribution is 5.97. The van der Waals surface area contributed by atoms with Gasteiger partial charge < -0.3 is 4.90 Å². The number of unbranched alkanes of at least 4 members (excludes halogenated alkanes) is 1. The maximum absolute atomic E-state index is 13.1. The van der Waals surface area contributed by atoms with Crippen LogP contribution in [-0.4, -0.2) is 36.5 Å². The summed E-state index contributed by atoms with van der Waals surface area (Å²) in [5, 5.41) is 0. The van der Waals surface area contributed by atoms with Crippen molar-refractivity contribution in [3.63, 3.8) is 0 Å². The summed E-state index contributed by atoms with van der Waals surface area (Å²) in [6, 6.07) is 8.69. The summed E-state index contributed by atoms with van der Waals surface area (Å²) in [7, 11) is 1.92. The molecule has 1 heterocycles. The van der Waals surface area contributed by atoms with Crippen LogP contribution in [0.15, 0.2) is 24.3 Å². The van der Waals surface area contributed by atoms with E-state index >= 15 is 0 Å². The average Bonchev–Trinajstić information content (AvgIpc) is 2.52. The summed E-state index contributed by atoms with van der Waals surface area (Å²) in [6.07, 6.45) is 5.70. The van der Waals surface area contributed by atoms with Crippen LogP contribution in [0.25, 0.3) is 0 Å². The minimum atomic E-state index is 0.0416. The molecular formula is C19H30N2O. The highest BCUT2D eigenvalue weighted by atomic mass is 16.2. The second kappa shape index (κ2) is 7.77. The van der Waals surface area contributed by atoms with Crippen LogP contribution in [0.2, 0.25) is 0 Å². The number of aryl methyl sites for hydroxylation is 1. The minimum absolute atomic E-state index is 0.0416. The number of amides is 1. The van der Waals surface area contributed by atoms with Gasteiger partial charge >= 0.3 is 0 Å². The van der Waals surface area contributed by atoms with Crippen LogP contribution in [0.3, 0.4) is 0 Å². The molecule has 0 aliphatic carbocycles. The Morgan fingerprint density at radius 1 is 1.32 bits per heavy atom. The Kier molecular flexibility index (Phi) is 6.01. The zero-order valence-electron chi connectivity index (χ0n) is 14.5. The Bertz CT molecular complexity index is 500. The third-order valence-corrected chi connectivity index (χ3v) is 4.93. The number of likely N-dealkylation sites (N-methyl/N-ethyl adjacent to an activating group) is 1. The number of rotatable bonds is 5. The Hall–Kier alpha value is -1.35. The van der Waals surface area contributed by atoms with Crippen molar-refractivity contribution in [3.8, 4) is 0 Å². The smallest absolute Gasteiger partial charge is 0.244 e. The Labute approximate surface area is 135 Å². The predicted molar refractivity (Wildman–Crippen MR) is 93.3 cm³/mol. The first-order valence-electron chi connectivity index (χ1n) is 8.65. The molecular weight excluding hydrogens is 272 g/mol. The van der Waals surface area contributed by atoms with E-state index in [4.69, 9.17) is 0 Å². The van der Waals surface area contributed by atoms with E-state index in [1.165, 1.54) is 19.3 Å². The molecule has 0 radical (unpaired) electrons. The van der Waals surface area contributed by atoms with E-state index in [0.717, 1.165) is 30.6 Å². The molecule has 1 aromatic carbocycles. The van der Waals surface area contributed by atoms with Gasteiger partial charge in [-0.3, -0.25) is 9.69 Å². The third kappa shape index (κ3) is 3.70. The molecule has 0 saturated carbocycles. The van der Waals surface area contributed by atoms with Gasteiger partial charge in [-0.25, -0.2) is 0 Å². The second-order valence-electron chi connectivity index (χ2n) is 6.57. The number of anilines is 1. The van der Waals surface area contributed by atoms with Crippen molar-refractivity contribution in [2.24, 2.45) is 0 Å². The van der Waals surface area contributed by atoms with E-state index in [0.29, 0.717) is 6.04 Å². The molecule has 3 heteroatoms. The Morgan fingerprint density at radius 3 is 2.73 bits per heavy atom. The van der Waals surface area contributed by atoms with Gasteiger partial charge in [0.05, 0.1) is 6.04 Å². The SMILES string of the molecule is CCCCN1[C@@H](C(=O)N(C)c2ccccc2C)CCC[C@@H]1C. The topological polar surface area (TPSA) is 23.6 Å². The summed E-state index contributed by atoms with van der Waals surface area (Å²) in [5.74, 6) is 0.247. The molecule has 0 unspecified atom stereocenters. The number of likely N-dealkylation sites (tertiary alicyclic amines) is 1. The van der Waals surface area contributed by atoms with E-state index < -0.39 is 0 Å². The summed E-state index contributed by atoms with van der Waals surface area (Å²) in [4.78, 5) is 17.3. The van der Waals surface area contributed by atoms with Crippen molar-refractivity contribution >= 4 is 11.6 Å². The number of nitrogens with zero attached hydrogens (tertiary/aromatic N) is 2. The molecule has 1 amide bonds. The van der Waals surface area contributed by atoms with Crippen LogP contribution >= 0.6 is 0 Å². The fourth-order valence-corrected chi connectivity index (χ4v) is 3.51. The van der Waals surface area contributed by atoms with Crippen molar-refractivity contribution < 1.29 is 4.79 Å². The molecule has 0 N–H and O–H groups in total. The molecule has 0 bridgehead atoms. The van der Waals surface area contributed by atoms with Crippen LogP contribution < -0.4 is 4.90 Å².